The molecule has 0 saturated carbocycles. The van der Waals surface area contributed by atoms with E-state index in [1.54, 1.807) is 47.4 Å². The average Bonchev–Trinajstić information content (AvgIpc) is 3.09. The van der Waals surface area contributed by atoms with E-state index in [1.165, 1.54) is 17.8 Å². The lowest BCUT2D eigenvalue weighted by Gasteiger charge is -2.32. The maximum Gasteiger partial charge on any atom is 0.229 e. The molecule has 1 aliphatic heterocycles. The Bertz CT molecular complexity index is 1040. The number of halogens is 1. The van der Waals surface area contributed by atoms with Crippen molar-refractivity contribution in [3.63, 3.8) is 0 Å². The number of carbonyl (C=O) groups is 1. The Labute approximate surface area is 164 Å². The molecule has 28 heavy (non-hydrogen) atoms. The van der Waals surface area contributed by atoms with Crippen LogP contribution in [0.2, 0.25) is 0 Å². The summed E-state index contributed by atoms with van der Waals surface area (Å²) in [5.74, 6) is -0.632. The number of nitrogens with two attached hydrogens (primary N) is 1. The second kappa shape index (κ2) is 7.43. The fourth-order valence-corrected chi connectivity index (χ4v) is 3.99. The van der Waals surface area contributed by atoms with Gasteiger partial charge in [-0.15, -0.1) is 5.10 Å². The summed E-state index contributed by atoms with van der Waals surface area (Å²) in [7, 11) is 0. The molecule has 142 valence electrons. The molecule has 0 bridgehead atoms. The van der Waals surface area contributed by atoms with Gasteiger partial charge in [-0.3, -0.25) is 9.78 Å². The van der Waals surface area contributed by atoms with Crippen molar-refractivity contribution in [2.75, 3.05) is 5.32 Å². The van der Waals surface area contributed by atoms with E-state index in [4.69, 9.17) is 5.73 Å². The Hall–Kier alpha value is -3.20. The van der Waals surface area contributed by atoms with E-state index in [9.17, 15) is 9.18 Å². The van der Waals surface area contributed by atoms with E-state index >= 15 is 0 Å². The molecule has 0 saturated heterocycles. The quantitative estimate of drug-likeness (QED) is 0.644. The van der Waals surface area contributed by atoms with Crippen molar-refractivity contribution >= 4 is 23.6 Å². The number of nitrogens with one attached hydrogen (secondary N) is 1. The summed E-state index contributed by atoms with van der Waals surface area (Å²) in [5.41, 5.74) is 7.48. The highest BCUT2D eigenvalue weighted by Crippen LogP contribution is 2.38. The number of amides is 1. The van der Waals surface area contributed by atoms with Gasteiger partial charge in [0.1, 0.15) is 11.7 Å². The Morgan fingerprint density at radius 3 is 2.75 bits per heavy atom. The first-order valence-electron chi connectivity index (χ1n) is 8.52. The van der Waals surface area contributed by atoms with Gasteiger partial charge in [-0.2, -0.15) is 4.98 Å². The maximum atomic E-state index is 13.9. The fraction of sp³-hybridized carbons (Fsp3) is 0.158. The van der Waals surface area contributed by atoms with Crippen LogP contribution in [0.5, 0.6) is 0 Å². The van der Waals surface area contributed by atoms with Crippen LogP contribution in [0.1, 0.15) is 17.2 Å². The maximum absolute atomic E-state index is 13.9. The molecule has 0 aliphatic carbocycles. The Balaban J connectivity index is 1.68. The zero-order chi connectivity index (χ0) is 19.7. The first-order valence-corrected chi connectivity index (χ1v) is 9.51. The summed E-state index contributed by atoms with van der Waals surface area (Å²) in [4.78, 5) is 20.6. The van der Waals surface area contributed by atoms with E-state index in [-0.39, 0.29) is 5.82 Å². The van der Waals surface area contributed by atoms with Gasteiger partial charge in [0.25, 0.3) is 0 Å². The molecule has 1 amide bonds. The lowest BCUT2D eigenvalue weighted by atomic mass is 9.89. The highest BCUT2D eigenvalue weighted by atomic mass is 32.2. The molecule has 3 heterocycles. The average molecular weight is 396 g/mol. The molecule has 2 aromatic heterocycles. The number of benzene rings is 1. The molecule has 9 heteroatoms. The minimum absolute atomic E-state index is 0.270. The van der Waals surface area contributed by atoms with Crippen LogP contribution in [0.4, 0.5) is 10.3 Å². The molecule has 2 atom stereocenters. The zero-order valence-corrected chi connectivity index (χ0v) is 15.6. The molecular weight excluding hydrogens is 379 g/mol. The Kier molecular flexibility index (Phi) is 4.82. The van der Waals surface area contributed by atoms with E-state index < -0.39 is 17.9 Å². The number of pyridine rings is 1. The topological polar surface area (TPSA) is 98.7 Å². The van der Waals surface area contributed by atoms with Crippen molar-refractivity contribution in [3.8, 4) is 0 Å². The van der Waals surface area contributed by atoms with Crippen molar-refractivity contribution in [2.24, 2.45) is 11.7 Å². The summed E-state index contributed by atoms with van der Waals surface area (Å²) in [6, 6.07) is 9.70. The number of primary amides is 1. The summed E-state index contributed by atoms with van der Waals surface area (Å²) in [5, 5.41) is 8.01. The minimum Gasteiger partial charge on any atom is -0.369 e. The third-order valence-corrected chi connectivity index (χ3v) is 5.39. The van der Waals surface area contributed by atoms with Crippen molar-refractivity contribution in [3.05, 3.63) is 78.0 Å². The number of aromatic nitrogens is 4. The lowest BCUT2D eigenvalue weighted by Crippen LogP contribution is -2.40. The molecule has 1 aliphatic rings. The number of hydrogen-bond acceptors (Lipinski definition) is 6. The molecule has 1 aromatic carbocycles. The number of fused-ring (bicyclic) bond motifs is 1. The van der Waals surface area contributed by atoms with Gasteiger partial charge < -0.3 is 11.1 Å². The summed E-state index contributed by atoms with van der Waals surface area (Å²) < 4.78 is 15.5. The number of nitrogens with zero attached hydrogens (tertiary/aromatic N) is 4. The van der Waals surface area contributed by atoms with Crippen LogP contribution in [0.3, 0.4) is 0 Å². The van der Waals surface area contributed by atoms with E-state index in [0.717, 1.165) is 5.56 Å². The van der Waals surface area contributed by atoms with Crippen molar-refractivity contribution in [1.29, 1.82) is 0 Å². The summed E-state index contributed by atoms with van der Waals surface area (Å²) in [6.07, 6.45) is 3.28. The van der Waals surface area contributed by atoms with Gasteiger partial charge in [0.15, 0.2) is 0 Å². The number of hydrogen-bond donors (Lipinski definition) is 2. The van der Waals surface area contributed by atoms with Gasteiger partial charge in [0, 0.05) is 23.8 Å². The standard InChI is InChI=1S/C19H17FN6OS/c1-11-15(17(21)27)16(12-6-8-22-9-7-12)26-18(23-11)24-19(25-26)28-10-13-4-2-3-5-14(13)20/h2-9,15-16H,1,10H2,(H2,21,27)(H,23,24,25)/t15-,16+/m1/s1. The molecule has 7 nitrogen and oxygen atoms in total. The van der Waals surface area contributed by atoms with Crippen LogP contribution in [0, 0.1) is 11.7 Å². The second-order valence-corrected chi connectivity index (χ2v) is 7.24. The van der Waals surface area contributed by atoms with Crippen LogP contribution < -0.4 is 11.1 Å². The molecule has 0 radical (unpaired) electrons. The van der Waals surface area contributed by atoms with Crippen molar-refractivity contribution < 1.29 is 9.18 Å². The predicted molar refractivity (Wildman–Crippen MR) is 104 cm³/mol. The highest BCUT2D eigenvalue weighted by Gasteiger charge is 2.39. The van der Waals surface area contributed by atoms with E-state index in [2.05, 4.69) is 27.0 Å². The van der Waals surface area contributed by atoms with Gasteiger partial charge in [0.2, 0.25) is 17.0 Å². The molecule has 0 spiro atoms. The largest absolute Gasteiger partial charge is 0.369 e. The van der Waals surface area contributed by atoms with E-state index in [1.807, 2.05) is 0 Å². The number of carbonyl (C=O) groups excluding carboxylic acids is 1. The number of thioether (sulfide) groups is 1. The molecule has 0 unspecified atom stereocenters. The van der Waals surface area contributed by atoms with Gasteiger partial charge in [0.05, 0.1) is 6.04 Å². The number of anilines is 1. The number of rotatable bonds is 5. The monoisotopic (exact) mass is 396 g/mol. The highest BCUT2D eigenvalue weighted by molar-refractivity contribution is 7.98. The Morgan fingerprint density at radius 2 is 2.04 bits per heavy atom. The smallest absolute Gasteiger partial charge is 0.229 e. The van der Waals surface area contributed by atoms with Gasteiger partial charge >= 0.3 is 0 Å². The van der Waals surface area contributed by atoms with Crippen LogP contribution >= 0.6 is 11.8 Å². The van der Waals surface area contributed by atoms with Crippen LogP contribution in [0.25, 0.3) is 0 Å². The molecule has 3 N–H and O–H groups in total. The summed E-state index contributed by atoms with van der Waals surface area (Å²) in [6.45, 7) is 3.94. The Morgan fingerprint density at radius 1 is 1.29 bits per heavy atom. The second-order valence-electron chi connectivity index (χ2n) is 6.30. The third kappa shape index (κ3) is 3.36. The van der Waals surface area contributed by atoms with Gasteiger partial charge in [-0.25, -0.2) is 9.07 Å². The predicted octanol–water partition coefficient (Wildman–Crippen LogP) is 2.73. The summed E-state index contributed by atoms with van der Waals surface area (Å²) >= 11 is 1.31. The molecule has 0 fully saturated rings. The lowest BCUT2D eigenvalue weighted by molar-refractivity contribution is -0.121. The zero-order valence-electron chi connectivity index (χ0n) is 14.7. The fourth-order valence-electron chi connectivity index (χ4n) is 3.18. The molecule has 3 aromatic rings. The van der Waals surface area contributed by atoms with Crippen LogP contribution in [0.15, 0.2) is 66.2 Å². The van der Waals surface area contributed by atoms with Crippen LogP contribution in [-0.4, -0.2) is 25.7 Å². The third-order valence-electron chi connectivity index (χ3n) is 4.51. The van der Waals surface area contributed by atoms with Crippen molar-refractivity contribution in [1.82, 2.24) is 19.7 Å². The minimum atomic E-state index is -0.694. The molecule has 4 rings (SSSR count). The van der Waals surface area contributed by atoms with Gasteiger partial charge in [-0.1, -0.05) is 36.5 Å². The normalized spacial score (nSPS) is 18.4. The first-order chi connectivity index (χ1) is 13.5. The van der Waals surface area contributed by atoms with E-state index in [0.29, 0.717) is 28.1 Å². The van der Waals surface area contributed by atoms with Crippen LogP contribution in [-0.2, 0) is 10.5 Å². The van der Waals surface area contributed by atoms with Gasteiger partial charge in [-0.05, 0) is 29.3 Å². The molecular formula is C19H17FN6OS. The first kappa shape index (κ1) is 18.2. The SMILES string of the molecule is C=C1Nc2nc(SCc3ccccc3F)nn2[C@@H](c2ccncc2)[C@@H]1C(N)=O. The van der Waals surface area contributed by atoms with Crippen molar-refractivity contribution in [2.45, 2.75) is 17.0 Å².